The van der Waals surface area contributed by atoms with Gasteiger partial charge in [0.15, 0.2) is 0 Å². The number of carbonyl (C=O) groups excluding carboxylic acids is 1. The van der Waals surface area contributed by atoms with Crippen molar-refractivity contribution in [2.24, 2.45) is 5.10 Å². The number of carbonyl (C=O) groups is 1. The minimum atomic E-state index is -0.351. The molecule has 0 aliphatic carbocycles. The standard InChI is InChI=1S/C30H23ClN4O2/c31-26-11-7-10-24(18-26)30(36)33-32-19-25-20-35(27-12-5-2-6-13-27)34-29(25)23-14-16-28(17-15-23)37-21-22-8-3-1-4-9-22/h1-20H,21H2,(H,33,36)/b32-19-. The fraction of sp³-hybridized carbons (Fsp3) is 0.0333. The van der Waals surface area contributed by atoms with Crippen LogP contribution in [-0.4, -0.2) is 21.9 Å². The molecule has 0 radical (unpaired) electrons. The molecule has 0 saturated carbocycles. The van der Waals surface area contributed by atoms with Crippen LogP contribution in [0.5, 0.6) is 5.75 Å². The van der Waals surface area contributed by atoms with E-state index >= 15 is 0 Å². The van der Waals surface area contributed by atoms with E-state index in [-0.39, 0.29) is 5.91 Å². The molecule has 0 spiro atoms. The minimum absolute atomic E-state index is 0.351. The number of para-hydroxylation sites is 1. The molecule has 1 N–H and O–H groups in total. The van der Waals surface area contributed by atoms with Crippen LogP contribution in [0.25, 0.3) is 16.9 Å². The van der Waals surface area contributed by atoms with Gasteiger partial charge in [-0.05, 0) is 60.2 Å². The molecule has 182 valence electrons. The molecule has 4 aromatic carbocycles. The van der Waals surface area contributed by atoms with Crippen molar-refractivity contribution in [1.82, 2.24) is 15.2 Å². The van der Waals surface area contributed by atoms with Crippen molar-refractivity contribution >= 4 is 23.7 Å². The van der Waals surface area contributed by atoms with Crippen molar-refractivity contribution in [2.45, 2.75) is 6.61 Å². The summed E-state index contributed by atoms with van der Waals surface area (Å²) in [6.45, 7) is 0.493. The van der Waals surface area contributed by atoms with Gasteiger partial charge < -0.3 is 4.74 Å². The molecule has 0 saturated heterocycles. The smallest absolute Gasteiger partial charge is 0.271 e. The number of hydrogen-bond donors (Lipinski definition) is 1. The molecule has 6 nitrogen and oxygen atoms in total. The van der Waals surface area contributed by atoms with E-state index in [1.165, 1.54) is 0 Å². The van der Waals surface area contributed by atoms with Crippen molar-refractivity contribution in [2.75, 3.05) is 0 Å². The number of ether oxygens (including phenoxy) is 1. The fourth-order valence-electron chi connectivity index (χ4n) is 3.72. The van der Waals surface area contributed by atoms with E-state index in [1.54, 1.807) is 35.2 Å². The number of nitrogens with zero attached hydrogens (tertiary/aromatic N) is 3. The van der Waals surface area contributed by atoms with Crippen LogP contribution in [0.2, 0.25) is 5.02 Å². The second-order valence-corrected chi connectivity index (χ2v) is 8.66. The molecule has 0 aliphatic rings. The van der Waals surface area contributed by atoms with Crippen LogP contribution in [0.3, 0.4) is 0 Å². The Kier molecular flexibility index (Phi) is 7.39. The van der Waals surface area contributed by atoms with E-state index in [0.29, 0.717) is 17.2 Å². The highest BCUT2D eigenvalue weighted by Gasteiger charge is 2.12. The molecular weight excluding hydrogens is 484 g/mol. The summed E-state index contributed by atoms with van der Waals surface area (Å²) < 4.78 is 7.71. The van der Waals surface area contributed by atoms with Crippen LogP contribution in [0.4, 0.5) is 0 Å². The van der Waals surface area contributed by atoms with E-state index < -0.39 is 0 Å². The molecule has 0 unspecified atom stereocenters. The van der Waals surface area contributed by atoms with Gasteiger partial charge in [-0.25, -0.2) is 10.1 Å². The third kappa shape index (κ3) is 6.12. The number of aromatic nitrogens is 2. The summed E-state index contributed by atoms with van der Waals surface area (Å²) in [5, 5.41) is 9.46. The Labute approximate surface area is 219 Å². The summed E-state index contributed by atoms with van der Waals surface area (Å²) in [4.78, 5) is 12.5. The van der Waals surface area contributed by atoms with E-state index in [1.807, 2.05) is 91.1 Å². The average molecular weight is 507 g/mol. The first kappa shape index (κ1) is 24.0. The van der Waals surface area contributed by atoms with Crippen LogP contribution in [0, 0.1) is 0 Å². The zero-order chi connectivity index (χ0) is 25.5. The summed E-state index contributed by atoms with van der Waals surface area (Å²) in [7, 11) is 0. The Hall–Kier alpha value is -4.68. The predicted molar refractivity (Wildman–Crippen MR) is 146 cm³/mol. The molecular formula is C30H23ClN4O2. The lowest BCUT2D eigenvalue weighted by Crippen LogP contribution is -2.17. The zero-order valence-corrected chi connectivity index (χ0v) is 20.5. The maximum atomic E-state index is 12.5. The SMILES string of the molecule is O=C(N/N=C\c1cn(-c2ccccc2)nc1-c1ccc(OCc2ccccc2)cc1)c1cccc(Cl)c1. The first-order valence-electron chi connectivity index (χ1n) is 11.7. The van der Waals surface area contributed by atoms with Crippen LogP contribution in [0.1, 0.15) is 21.5 Å². The summed E-state index contributed by atoms with van der Waals surface area (Å²) in [6.07, 6.45) is 3.46. The largest absolute Gasteiger partial charge is 0.489 e. The zero-order valence-electron chi connectivity index (χ0n) is 19.8. The Morgan fingerprint density at radius 2 is 1.65 bits per heavy atom. The van der Waals surface area contributed by atoms with Gasteiger partial charge in [-0.1, -0.05) is 66.2 Å². The number of benzene rings is 4. The highest BCUT2D eigenvalue weighted by Crippen LogP contribution is 2.25. The van der Waals surface area contributed by atoms with Crippen LogP contribution in [-0.2, 0) is 6.61 Å². The van der Waals surface area contributed by atoms with Gasteiger partial charge in [0.1, 0.15) is 18.1 Å². The van der Waals surface area contributed by atoms with Crippen molar-refractivity contribution in [3.63, 3.8) is 0 Å². The number of hydrogen-bond acceptors (Lipinski definition) is 4. The maximum Gasteiger partial charge on any atom is 0.271 e. The van der Waals surface area contributed by atoms with E-state index in [4.69, 9.17) is 21.4 Å². The average Bonchev–Trinajstić information content (AvgIpc) is 3.37. The van der Waals surface area contributed by atoms with Gasteiger partial charge in [0.25, 0.3) is 5.91 Å². The Balaban J connectivity index is 1.37. The molecule has 0 aliphatic heterocycles. The van der Waals surface area contributed by atoms with Crippen molar-refractivity contribution < 1.29 is 9.53 Å². The summed E-state index contributed by atoms with van der Waals surface area (Å²) >= 11 is 5.99. The molecule has 0 atom stereocenters. The lowest BCUT2D eigenvalue weighted by atomic mass is 10.1. The normalized spacial score (nSPS) is 10.9. The van der Waals surface area contributed by atoms with Crippen molar-refractivity contribution in [3.8, 4) is 22.7 Å². The van der Waals surface area contributed by atoms with Gasteiger partial charge in [0, 0.05) is 27.9 Å². The fourth-order valence-corrected chi connectivity index (χ4v) is 3.91. The number of rotatable bonds is 8. The van der Waals surface area contributed by atoms with Crippen LogP contribution in [0.15, 0.2) is 120 Å². The molecule has 1 aromatic heterocycles. The lowest BCUT2D eigenvalue weighted by Gasteiger charge is -2.07. The van der Waals surface area contributed by atoms with E-state index in [2.05, 4.69) is 10.5 Å². The van der Waals surface area contributed by atoms with E-state index in [9.17, 15) is 4.79 Å². The number of halogens is 1. The van der Waals surface area contributed by atoms with Gasteiger partial charge in [-0.15, -0.1) is 0 Å². The lowest BCUT2D eigenvalue weighted by molar-refractivity contribution is 0.0955. The van der Waals surface area contributed by atoms with Crippen LogP contribution >= 0.6 is 11.6 Å². The molecule has 1 heterocycles. The number of hydrazone groups is 1. The molecule has 5 rings (SSSR count). The molecule has 1 amide bonds. The summed E-state index contributed by atoms with van der Waals surface area (Å²) in [5.74, 6) is 0.412. The van der Waals surface area contributed by atoms with Gasteiger partial charge in [-0.3, -0.25) is 4.79 Å². The highest BCUT2D eigenvalue weighted by atomic mass is 35.5. The molecule has 5 aromatic rings. The quantitative estimate of drug-likeness (QED) is 0.192. The van der Waals surface area contributed by atoms with Gasteiger partial charge in [0.2, 0.25) is 0 Å². The predicted octanol–water partition coefficient (Wildman–Crippen LogP) is 6.54. The monoisotopic (exact) mass is 506 g/mol. The number of amides is 1. The Morgan fingerprint density at radius 3 is 2.38 bits per heavy atom. The Bertz CT molecular complexity index is 1510. The highest BCUT2D eigenvalue weighted by molar-refractivity contribution is 6.30. The Morgan fingerprint density at radius 1 is 0.919 bits per heavy atom. The third-order valence-corrected chi connectivity index (χ3v) is 5.83. The summed E-state index contributed by atoms with van der Waals surface area (Å²) in [5.41, 5.74) is 7.36. The van der Waals surface area contributed by atoms with Crippen molar-refractivity contribution in [1.29, 1.82) is 0 Å². The van der Waals surface area contributed by atoms with Gasteiger partial charge in [0.05, 0.1) is 11.9 Å². The van der Waals surface area contributed by atoms with Gasteiger partial charge >= 0.3 is 0 Å². The summed E-state index contributed by atoms with van der Waals surface area (Å²) in [6, 6.07) is 34.3. The molecule has 0 bridgehead atoms. The molecule has 7 heteroatoms. The first-order chi connectivity index (χ1) is 18.2. The maximum absolute atomic E-state index is 12.5. The molecule has 37 heavy (non-hydrogen) atoms. The van der Waals surface area contributed by atoms with Gasteiger partial charge in [-0.2, -0.15) is 10.2 Å². The van der Waals surface area contributed by atoms with Crippen molar-refractivity contribution in [3.05, 3.63) is 137 Å². The van der Waals surface area contributed by atoms with Crippen LogP contribution < -0.4 is 10.2 Å². The molecule has 0 fully saturated rings. The second kappa shape index (κ2) is 11.4. The third-order valence-electron chi connectivity index (χ3n) is 5.60. The minimum Gasteiger partial charge on any atom is -0.489 e. The second-order valence-electron chi connectivity index (χ2n) is 8.22. The number of nitrogens with one attached hydrogen (secondary N) is 1. The first-order valence-corrected chi connectivity index (χ1v) is 12.0. The topological polar surface area (TPSA) is 68.5 Å². The van der Waals surface area contributed by atoms with E-state index in [0.717, 1.165) is 33.8 Å².